The lowest BCUT2D eigenvalue weighted by molar-refractivity contribution is -0.131. The van der Waals surface area contributed by atoms with Gasteiger partial charge in [0, 0.05) is 32.7 Å². The third kappa shape index (κ3) is 3.74. The van der Waals surface area contributed by atoms with Crippen molar-refractivity contribution in [3.8, 4) is 0 Å². The van der Waals surface area contributed by atoms with Gasteiger partial charge in [-0.05, 0) is 13.5 Å². The Balaban J connectivity index is 2.26. The van der Waals surface area contributed by atoms with Gasteiger partial charge in [0.2, 0.25) is 5.91 Å². The van der Waals surface area contributed by atoms with Crippen molar-refractivity contribution in [2.75, 3.05) is 39.9 Å². The largest absolute Gasteiger partial charge is 0.380 e. The van der Waals surface area contributed by atoms with E-state index >= 15 is 0 Å². The molecule has 1 aliphatic rings. The van der Waals surface area contributed by atoms with Crippen LogP contribution in [-0.4, -0.2) is 50.7 Å². The van der Waals surface area contributed by atoms with Crippen LogP contribution in [0.15, 0.2) is 0 Å². The van der Waals surface area contributed by atoms with Crippen LogP contribution >= 0.6 is 0 Å². The fourth-order valence-electron chi connectivity index (χ4n) is 1.39. The lowest BCUT2D eigenvalue weighted by Gasteiger charge is -2.19. The summed E-state index contributed by atoms with van der Waals surface area (Å²) in [7, 11) is 1.86. The van der Waals surface area contributed by atoms with Crippen molar-refractivity contribution < 1.29 is 9.53 Å². The predicted molar refractivity (Wildman–Crippen MR) is 50.6 cm³/mol. The average molecular weight is 186 g/mol. The second-order valence-electron chi connectivity index (χ2n) is 3.20. The zero-order valence-electron chi connectivity index (χ0n) is 8.21. The summed E-state index contributed by atoms with van der Waals surface area (Å²) in [5.41, 5.74) is 0. The summed E-state index contributed by atoms with van der Waals surface area (Å²) in [6.07, 6.45) is 1.56. The maximum absolute atomic E-state index is 11.5. The Bertz CT molecular complexity index is 154. The van der Waals surface area contributed by atoms with Gasteiger partial charge in [0.15, 0.2) is 0 Å². The first-order chi connectivity index (χ1) is 6.34. The minimum Gasteiger partial charge on any atom is -0.380 e. The van der Waals surface area contributed by atoms with Crippen molar-refractivity contribution in [1.29, 1.82) is 0 Å². The Labute approximate surface area is 79.2 Å². The molecule has 0 radical (unpaired) electrons. The van der Waals surface area contributed by atoms with Gasteiger partial charge in [-0.2, -0.15) is 0 Å². The lowest BCUT2D eigenvalue weighted by Crippen LogP contribution is -2.34. The molecule has 76 valence electrons. The normalized spacial score (nSPS) is 18.4. The molecule has 0 bridgehead atoms. The van der Waals surface area contributed by atoms with Crippen LogP contribution in [0.3, 0.4) is 0 Å². The van der Waals surface area contributed by atoms with Crippen LogP contribution in [-0.2, 0) is 9.53 Å². The van der Waals surface area contributed by atoms with Gasteiger partial charge in [-0.15, -0.1) is 0 Å². The number of rotatable bonds is 3. The summed E-state index contributed by atoms with van der Waals surface area (Å²) < 4.78 is 5.27. The van der Waals surface area contributed by atoms with Gasteiger partial charge in [0.1, 0.15) is 0 Å². The van der Waals surface area contributed by atoms with E-state index in [4.69, 9.17) is 4.74 Å². The van der Waals surface area contributed by atoms with E-state index in [-0.39, 0.29) is 5.91 Å². The highest BCUT2D eigenvalue weighted by Crippen LogP contribution is 2.00. The Kier molecular flexibility index (Phi) is 4.78. The second-order valence-corrected chi connectivity index (χ2v) is 3.20. The third-order valence-corrected chi connectivity index (χ3v) is 2.16. The molecule has 1 fully saturated rings. The quantitative estimate of drug-likeness (QED) is 0.666. The monoisotopic (exact) mass is 186 g/mol. The topological polar surface area (TPSA) is 41.6 Å². The first-order valence-corrected chi connectivity index (χ1v) is 4.84. The fourth-order valence-corrected chi connectivity index (χ4v) is 1.39. The molecule has 1 rings (SSSR count). The summed E-state index contributed by atoms with van der Waals surface area (Å²) in [6.45, 7) is 3.84. The minimum atomic E-state index is 0.236. The molecule has 13 heavy (non-hydrogen) atoms. The third-order valence-electron chi connectivity index (χ3n) is 2.16. The molecule has 0 unspecified atom stereocenters. The summed E-state index contributed by atoms with van der Waals surface area (Å²) in [5.74, 6) is 0.236. The van der Waals surface area contributed by atoms with Crippen molar-refractivity contribution in [3.05, 3.63) is 0 Å². The Morgan fingerprint density at radius 3 is 3.08 bits per heavy atom. The minimum absolute atomic E-state index is 0.236. The number of carbonyl (C=O) groups excluding carboxylic acids is 1. The van der Waals surface area contributed by atoms with Crippen LogP contribution in [0, 0.1) is 0 Å². The van der Waals surface area contributed by atoms with Gasteiger partial charge in [-0.25, -0.2) is 0 Å². The van der Waals surface area contributed by atoms with Gasteiger partial charge in [0.25, 0.3) is 0 Å². The number of carbonyl (C=O) groups is 1. The number of hydrogen-bond acceptors (Lipinski definition) is 3. The molecular weight excluding hydrogens is 168 g/mol. The highest BCUT2D eigenvalue weighted by Gasteiger charge is 2.14. The highest BCUT2D eigenvalue weighted by molar-refractivity contribution is 5.76. The van der Waals surface area contributed by atoms with E-state index in [2.05, 4.69) is 5.32 Å². The number of hydrogen-bond donors (Lipinski definition) is 1. The number of ether oxygens (including phenoxy) is 1. The van der Waals surface area contributed by atoms with E-state index in [1.807, 2.05) is 11.9 Å². The van der Waals surface area contributed by atoms with E-state index in [1.54, 1.807) is 0 Å². The van der Waals surface area contributed by atoms with Crippen LogP contribution in [0.4, 0.5) is 0 Å². The average Bonchev–Trinajstić information content (AvgIpc) is 2.42. The van der Waals surface area contributed by atoms with Crippen molar-refractivity contribution in [2.45, 2.75) is 12.8 Å². The molecule has 0 aromatic carbocycles. The van der Waals surface area contributed by atoms with Crippen molar-refractivity contribution >= 4 is 5.91 Å². The molecule has 1 aliphatic heterocycles. The van der Waals surface area contributed by atoms with Crippen LogP contribution < -0.4 is 5.32 Å². The predicted octanol–water partition coefficient (Wildman–Crippen LogP) is -0.155. The summed E-state index contributed by atoms with van der Waals surface area (Å²) in [4.78, 5) is 13.4. The number of nitrogens with one attached hydrogen (secondary N) is 1. The van der Waals surface area contributed by atoms with Crippen LogP contribution in [0.25, 0.3) is 0 Å². The number of amides is 1. The molecule has 1 N–H and O–H groups in total. The maximum Gasteiger partial charge on any atom is 0.223 e. The molecule has 0 aliphatic carbocycles. The van der Waals surface area contributed by atoms with Crippen molar-refractivity contribution in [2.24, 2.45) is 0 Å². The second kappa shape index (κ2) is 5.94. The zero-order chi connectivity index (χ0) is 9.52. The standard InChI is InChI=1S/C9H18N2O2/c1-10-4-3-9(12)11-5-2-7-13-8-6-11/h10H,2-8H2,1H3. The number of nitrogens with zero attached hydrogens (tertiary/aromatic N) is 1. The van der Waals surface area contributed by atoms with Gasteiger partial charge >= 0.3 is 0 Å². The smallest absolute Gasteiger partial charge is 0.223 e. The lowest BCUT2D eigenvalue weighted by atomic mass is 10.3. The van der Waals surface area contributed by atoms with Gasteiger partial charge in [0.05, 0.1) is 6.61 Å². The fraction of sp³-hybridized carbons (Fsp3) is 0.889. The Morgan fingerprint density at radius 1 is 1.46 bits per heavy atom. The van der Waals surface area contributed by atoms with E-state index in [9.17, 15) is 4.79 Å². The molecule has 4 nitrogen and oxygen atoms in total. The molecule has 1 heterocycles. The maximum atomic E-state index is 11.5. The zero-order valence-corrected chi connectivity index (χ0v) is 8.21. The van der Waals surface area contributed by atoms with E-state index < -0.39 is 0 Å². The van der Waals surface area contributed by atoms with Crippen LogP contribution in [0.5, 0.6) is 0 Å². The molecule has 4 heteroatoms. The molecule has 1 saturated heterocycles. The van der Waals surface area contributed by atoms with Crippen LogP contribution in [0.2, 0.25) is 0 Å². The highest BCUT2D eigenvalue weighted by atomic mass is 16.5. The van der Waals surface area contributed by atoms with E-state index in [0.717, 1.165) is 32.7 Å². The van der Waals surface area contributed by atoms with Crippen molar-refractivity contribution in [3.63, 3.8) is 0 Å². The summed E-state index contributed by atoms with van der Waals surface area (Å²) in [6, 6.07) is 0. The molecule has 0 spiro atoms. The van der Waals surface area contributed by atoms with Crippen molar-refractivity contribution in [1.82, 2.24) is 10.2 Å². The first kappa shape index (κ1) is 10.5. The Hall–Kier alpha value is -0.610. The van der Waals surface area contributed by atoms with E-state index in [1.165, 1.54) is 0 Å². The molecule has 0 atom stereocenters. The van der Waals surface area contributed by atoms with Gasteiger partial charge < -0.3 is 15.0 Å². The molecule has 0 aromatic heterocycles. The van der Waals surface area contributed by atoms with Gasteiger partial charge in [-0.1, -0.05) is 0 Å². The molecule has 0 saturated carbocycles. The Morgan fingerprint density at radius 2 is 2.31 bits per heavy atom. The molecule has 1 amide bonds. The summed E-state index contributed by atoms with van der Waals surface area (Å²) >= 11 is 0. The molecular formula is C9H18N2O2. The van der Waals surface area contributed by atoms with E-state index in [0.29, 0.717) is 13.0 Å². The SMILES string of the molecule is CNCCC(=O)N1CCCOCC1. The van der Waals surface area contributed by atoms with Crippen LogP contribution in [0.1, 0.15) is 12.8 Å². The molecule has 0 aromatic rings. The summed E-state index contributed by atoms with van der Waals surface area (Å²) in [5, 5.41) is 2.97. The van der Waals surface area contributed by atoms with Gasteiger partial charge in [-0.3, -0.25) is 4.79 Å². The first-order valence-electron chi connectivity index (χ1n) is 4.84.